The largest absolute Gasteiger partial charge is 0.443 e. The zero-order chi connectivity index (χ0) is 26.0. The van der Waals surface area contributed by atoms with Gasteiger partial charge in [-0.25, -0.2) is 9.97 Å². The molecule has 0 aliphatic heterocycles. The summed E-state index contributed by atoms with van der Waals surface area (Å²) in [6.45, 7) is 2.21. The second kappa shape index (κ2) is 9.78. The fraction of sp³-hybridized carbons (Fsp3) is 0.231. The first-order chi connectivity index (χ1) is 17.8. The van der Waals surface area contributed by atoms with Crippen LogP contribution in [-0.2, 0) is 25.6 Å². The number of oxazole rings is 1. The zero-order valence-electron chi connectivity index (χ0n) is 20.7. The predicted molar refractivity (Wildman–Crippen MR) is 134 cm³/mol. The third-order valence-corrected chi connectivity index (χ3v) is 5.80. The molecule has 0 aliphatic carbocycles. The molecule has 4 heterocycles. The monoisotopic (exact) mass is 498 g/mol. The van der Waals surface area contributed by atoms with E-state index in [-0.39, 0.29) is 23.6 Å². The van der Waals surface area contributed by atoms with Crippen LogP contribution in [0, 0.1) is 0 Å². The molecule has 11 heteroatoms. The van der Waals surface area contributed by atoms with Crippen molar-refractivity contribution in [1.82, 2.24) is 34.8 Å². The minimum absolute atomic E-state index is 0.136. The second-order valence-electron chi connectivity index (χ2n) is 9.14. The topological polar surface area (TPSA) is 142 Å². The molecule has 5 rings (SSSR count). The van der Waals surface area contributed by atoms with E-state index in [0.29, 0.717) is 29.9 Å². The summed E-state index contributed by atoms with van der Waals surface area (Å²) in [5.41, 5.74) is 8.63. The van der Waals surface area contributed by atoms with Gasteiger partial charge in [-0.2, -0.15) is 5.10 Å². The van der Waals surface area contributed by atoms with Crippen molar-refractivity contribution in [1.29, 1.82) is 0 Å². The second-order valence-corrected chi connectivity index (χ2v) is 9.14. The van der Waals surface area contributed by atoms with Crippen LogP contribution in [0.2, 0.25) is 0 Å². The van der Waals surface area contributed by atoms with E-state index in [1.54, 1.807) is 35.0 Å². The summed E-state index contributed by atoms with van der Waals surface area (Å²) in [5, 5.41) is 12.5. The van der Waals surface area contributed by atoms with E-state index < -0.39 is 5.54 Å². The average molecular weight is 499 g/mol. The van der Waals surface area contributed by atoms with Crippen LogP contribution >= 0.6 is 0 Å². The molecule has 0 unspecified atom stereocenters. The molecule has 0 spiro atoms. The lowest BCUT2D eigenvalue weighted by atomic mass is 9.94. The molecule has 1 amide bonds. The fourth-order valence-electron chi connectivity index (χ4n) is 4.00. The standard InChI is InChI=1S/C26H26N8O3/c1-26(27,13-17-7-5-4-6-8-17)25-32-31-23(37-25)21-12-19(11-20(30-21)22-28-9-10-36-22)24(35)33(2)15-18-14-29-34(3)16-18/h4-12,14,16H,13,15,27H2,1-3H3/t26-/m0/s1. The van der Waals surface area contributed by atoms with Crippen molar-refractivity contribution >= 4 is 5.91 Å². The van der Waals surface area contributed by atoms with Crippen LogP contribution in [0.5, 0.6) is 0 Å². The van der Waals surface area contributed by atoms with Crippen molar-refractivity contribution in [3.8, 4) is 23.2 Å². The average Bonchev–Trinajstić information content (AvgIpc) is 3.66. The van der Waals surface area contributed by atoms with Gasteiger partial charge in [0, 0.05) is 38.0 Å². The number of pyridine rings is 1. The lowest BCUT2D eigenvalue weighted by Crippen LogP contribution is -2.35. The first-order valence-electron chi connectivity index (χ1n) is 11.6. The van der Waals surface area contributed by atoms with Crippen molar-refractivity contribution in [3.63, 3.8) is 0 Å². The molecule has 4 aromatic heterocycles. The number of rotatable bonds is 8. The summed E-state index contributed by atoms with van der Waals surface area (Å²) >= 11 is 0. The maximum Gasteiger partial charge on any atom is 0.266 e. The number of carbonyl (C=O) groups excluding carboxylic acids is 1. The third-order valence-electron chi connectivity index (χ3n) is 5.80. The quantitative estimate of drug-likeness (QED) is 0.341. The maximum absolute atomic E-state index is 13.4. The molecule has 1 aromatic carbocycles. The van der Waals surface area contributed by atoms with Gasteiger partial charge in [0.05, 0.1) is 17.9 Å². The molecule has 37 heavy (non-hydrogen) atoms. The number of hydrogen-bond donors (Lipinski definition) is 1. The van der Waals surface area contributed by atoms with Gasteiger partial charge in [0.15, 0.2) is 0 Å². The summed E-state index contributed by atoms with van der Waals surface area (Å²) in [6.07, 6.45) is 7.03. The molecule has 188 valence electrons. The number of nitrogens with two attached hydrogens (primary N) is 1. The van der Waals surface area contributed by atoms with E-state index in [1.807, 2.05) is 50.5 Å². The van der Waals surface area contributed by atoms with E-state index in [0.717, 1.165) is 11.1 Å². The number of hydrogen-bond acceptors (Lipinski definition) is 9. The normalized spacial score (nSPS) is 12.9. The van der Waals surface area contributed by atoms with Crippen LogP contribution in [0.1, 0.15) is 34.3 Å². The highest BCUT2D eigenvalue weighted by Gasteiger charge is 2.29. The number of amides is 1. The Kier molecular flexibility index (Phi) is 6.36. The van der Waals surface area contributed by atoms with Crippen LogP contribution in [-0.4, -0.2) is 47.8 Å². The van der Waals surface area contributed by atoms with Gasteiger partial charge in [0.1, 0.15) is 17.7 Å². The molecule has 1 atom stereocenters. The lowest BCUT2D eigenvalue weighted by Gasteiger charge is -2.20. The Morgan fingerprint density at radius 2 is 1.86 bits per heavy atom. The maximum atomic E-state index is 13.4. The van der Waals surface area contributed by atoms with E-state index in [2.05, 4.69) is 25.3 Å². The van der Waals surface area contributed by atoms with Gasteiger partial charge in [-0.15, -0.1) is 10.2 Å². The van der Waals surface area contributed by atoms with Crippen molar-refractivity contribution in [2.24, 2.45) is 12.8 Å². The van der Waals surface area contributed by atoms with Crippen LogP contribution < -0.4 is 5.73 Å². The van der Waals surface area contributed by atoms with Crippen molar-refractivity contribution < 1.29 is 13.6 Å². The molecule has 0 radical (unpaired) electrons. The predicted octanol–water partition coefficient (Wildman–Crippen LogP) is 3.21. The van der Waals surface area contributed by atoms with Gasteiger partial charge in [-0.05, 0) is 31.0 Å². The van der Waals surface area contributed by atoms with Crippen molar-refractivity contribution in [2.45, 2.75) is 25.4 Å². The highest BCUT2D eigenvalue weighted by Crippen LogP contribution is 2.28. The Balaban J connectivity index is 1.47. The molecule has 0 saturated heterocycles. The minimum atomic E-state index is -0.907. The summed E-state index contributed by atoms with van der Waals surface area (Å²) in [5.74, 6) is 0.430. The Labute approximate surface area is 213 Å². The van der Waals surface area contributed by atoms with Gasteiger partial charge in [0.2, 0.25) is 11.8 Å². The van der Waals surface area contributed by atoms with Gasteiger partial charge in [0.25, 0.3) is 11.8 Å². The molecule has 11 nitrogen and oxygen atoms in total. The Hall–Kier alpha value is -4.64. The van der Waals surface area contributed by atoms with Gasteiger partial charge in [-0.1, -0.05) is 30.3 Å². The van der Waals surface area contributed by atoms with Crippen molar-refractivity contribution in [3.05, 3.63) is 89.9 Å². The van der Waals surface area contributed by atoms with Crippen molar-refractivity contribution in [2.75, 3.05) is 7.05 Å². The fourth-order valence-corrected chi connectivity index (χ4v) is 4.00. The Morgan fingerprint density at radius 3 is 2.54 bits per heavy atom. The van der Waals surface area contributed by atoms with Gasteiger partial charge < -0.3 is 19.5 Å². The number of carbonyl (C=O) groups is 1. The number of aryl methyl sites for hydroxylation is 1. The molecule has 0 bridgehead atoms. The molecular weight excluding hydrogens is 472 g/mol. The smallest absolute Gasteiger partial charge is 0.266 e. The van der Waals surface area contributed by atoms with E-state index in [1.165, 1.54) is 12.5 Å². The van der Waals surface area contributed by atoms with Crippen LogP contribution in [0.25, 0.3) is 23.2 Å². The lowest BCUT2D eigenvalue weighted by molar-refractivity contribution is 0.0785. The number of benzene rings is 1. The summed E-state index contributed by atoms with van der Waals surface area (Å²) in [6, 6.07) is 13.1. The van der Waals surface area contributed by atoms with Crippen LogP contribution in [0.4, 0.5) is 0 Å². The highest BCUT2D eigenvalue weighted by molar-refractivity contribution is 5.95. The summed E-state index contributed by atoms with van der Waals surface area (Å²) < 4.78 is 13.1. The van der Waals surface area contributed by atoms with Gasteiger partial charge in [-0.3, -0.25) is 9.48 Å². The minimum Gasteiger partial charge on any atom is -0.443 e. The number of aromatic nitrogens is 6. The molecule has 5 aromatic rings. The first-order valence-corrected chi connectivity index (χ1v) is 11.6. The van der Waals surface area contributed by atoms with E-state index in [9.17, 15) is 4.79 Å². The molecule has 0 saturated carbocycles. The van der Waals surface area contributed by atoms with Crippen LogP contribution in [0.3, 0.4) is 0 Å². The van der Waals surface area contributed by atoms with Gasteiger partial charge >= 0.3 is 0 Å². The highest BCUT2D eigenvalue weighted by atomic mass is 16.4. The molecule has 0 aliphatic rings. The molecule has 2 N–H and O–H groups in total. The van der Waals surface area contributed by atoms with E-state index >= 15 is 0 Å². The molecule has 0 fully saturated rings. The Bertz CT molecular complexity index is 1510. The molecular formula is C26H26N8O3. The third kappa shape index (κ3) is 5.31. The van der Waals surface area contributed by atoms with Crippen LogP contribution in [0.15, 0.2) is 76.2 Å². The SMILES string of the molecule is CN(Cc1cnn(C)c1)C(=O)c1cc(-c2ncco2)nc(-c2nnc([C@@](C)(N)Cc3ccccc3)o2)c1. The Morgan fingerprint density at radius 1 is 1.11 bits per heavy atom. The first kappa shape index (κ1) is 24.1. The number of nitrogens with zero attached hydrogens (tertiary/aromatic N) is 7. The van der Waals surface area contributed by atoms with E-state index in [4.69, 9.17) is 14.6 Å². The summed E-state index contributed by atoms with van der Waals surface area (Å²) in [4.78, 5) is 23.7. The summed E-state index contributed by atoms with van der Waals surface area (Å²) in [7, 11) is 3.54. The zero-order valence-corrected chi connectivity index (χ0v) is 20.7.